The molecule has 0 spiro atoms. The number of amides is 2. The van der Waals surface area contributed by atoms with E-state index >= 15 is 0 Å². The first-order valence-corrected chi connectivity index (χ1v) is 18.1. The molecule has 10 nitrogen and oxygen atoms in total. The number of pyridine rings is 2. The molecule has 6 rings (SSSR count). The second-order valence-electron chi connectivity index (χ2n) is 12.7. The number of nitrogens with zero attached hydrogens (tertiary/aromatic N) is 6. The van der Waals surface area contributed by atoms with E-state index in [4.69, 9.17) is 23.2 Å². The maximum absolute atomic E-state index is 13.4. The van der Waals surface area contributed by atoms with E-state index in [0.717, 1.165) is 17.7 Å². The second-order valence-corrected chi connectivity index (χ2v) is 13.5. The van der Waals surface area contributed by atoms with Gasteiger partial charge in [0.15, 0.2) is 5.78 Å². The van der Waals surface area contributed by atoms with E-state index in [9.17, 15) is 28.0 Å². The molecule has 2 aromatic carbocycles. The fraction of sp³-hybridized carbons (Fsp3) is 0.300. The molecule has 14 heteroatoms. The molecule has 0 bridgehead atoms. The molecule has 2 aromatic heterocycles. The first-order chi connectivity index (χ1) is 25.9. The van der Waals surface area contributed by atoms with Gasteiger partial charge in [-0.2, -0.15) is 0 Å². The normalized spacial score (nSPS) is 16.6. The van der Waals surface area contributed by atoms with Gasteiger partial charge in [-0.3, -0.25) is 29.1 Å². The van der Waals surface area contributed by atoms with Gasteiger partial charge < -0.3 is 19.6 Å². The van der Waals surface area contributed by atoms with Crippen molar-refractivity contribution in [2.45, 2.75) is 38.8 Å². The molecule has 0 aliphatic carbocycles. The highest BCUT2D eigenvalue weighted by Gasteiger charge is 2.28. The van der Waals surface area contributed by atoms with Gasteiger partial charge in [-0.1, -0.05) is 29.8 Å². The van der Waals surface area contributed by atoms with Crippen LogP contribution in [0.2, 0.25) is 10.0 Å². The lowest BCUT2D eigenvalue weighted by atomic mass is 10.1. The Morgan fingerprint density at radius 1 is 0.741 bits per heavy atom. The van der Waals surface area contributed by atoms with Crippen LogP contribution < -0.4 is 9.80 Å². The molecule has 2 amide bonds. The fourth-order valence-electron chi connectivity index (χ4n) is 6.07. The van der Waals surface area contributed by atoms with Crippen LogP contribution in [0.5, 0.6) is 0 Å². The minimum absolute atomic E-state index is 0.0268. The zero-order valence-electron chi connectivity index (χ0n) is 30.1. The monoisotopic (exact) mass is 778 g/mol. The van der Waals surface area contributed by atoms with Gasteiger partial charge >= 0.3 is 0 Å². The Morgan fingerprint density at radius 2 is 1.22 bits per heavy atom. The topological polar surface area (TPSA) is 107 Å². The van der Waals surface area contributed by atoms with Crippen LogP contribution in [0.3, 0.4) is 0 Å². The molecule has 0 N–H and O–H groups in total. The van der Waals surface area contributed by atoms with Crippen molar-refractivity contribution in [1.29, 1.82) is 0 Å². The number of halogens is 4. The van der Waals surface area contributed by atoms with Gasteiger partial charge in [0.2, 0.25) is 11.8 Å². The van der Waals surface area contributed by atoms with Crippen molar-refractivity contribution in [3.05, 3.63) is 131 Å². The second kappa shape index (κ2) is 20.3. The smallest absolute Gasteiger partial charge is 0.246 e. The van der Waals surface area contributed by atoms with E-state index in [1.807, 2.05) is 13.8 Å². The van der Waals surface area contributed by atoms with E-state index in [1.54, 1.807) is 83.1 Å². The SMILES string of the molecule is C=CC(=O)N1CCN(c2ccc(F)c(Cl)c2)[C@@H](C)C1.C[C@H]1CN(C(=O)CCC(=O)c2ccncc2)CCN1c1ccc(F)c(Cl)c1.O=Cc1ccncc1. The van der Waals surface area contributed by atoms with Crippen LogP contribution in [-0.2, 0) is 9.59 Å². The molecular formula is C40H42Cl2F2N6O4. The van der Waals surface area contributed by atoms with Gasteiger partial charge in [-0.15, -0.1) is 0 Å². The van der Waals surface area contributed by atoms with E-state index in [2.05, 4.69) is 26.3 Å². The summed E-state index contributed by atoms with van der Waals surface area (Å²) in [5, 5.41) is 0.210. The Bertz CT molecular complexity index is 1910. The summed E-state index contributed by atoms with van der Waals surface area (Å²) in [5.74, 6) is -0.998. The van der Waals surface area contributed by atoms with Crippen LogP contribution in [-0.4, -0.2) is 95.0 Å². The molecule has 0 saturated carbocycles. The summed E-state index contributed by atoms with van der Waals surface area (Å²) in [6.07, 6.45) is 8.81. The van der Waals surface area contributed by atoms with Crippen LogP contribution in [0.1, 0.15) is 47.4 Å². The number of Topliss-reactive ketones (excluding diaryl/α,β-unsaturated/α-hetero) is 1. The number of aromatic nitrogens is 2. The summed E-state index contributed by atoms with van der Waals surface area (Å²) in [5.41, 5.74) is 2.96. The minimum atomic E-state index is -0.444. The van der Waals surface area contributed by atoms with Crippen molar-refractivity contribution in [3.8, 4) is 0 Å². The third-order valence-corrected chi connectivity index (χ3v) is 9.55. The van der Waals surface area contributed by atoms with Crippen molar-refractivity contribution in [2.24, 2.45) is 0 Å². The van der Waals surface area contributed by atoms with Gasteiger partial charge in [0, 0.05) is 111 Å². The highest BCUT2D eigenvalue weighted by atomic mass is 35.5. The number of piperazine rings is 2. The summed E-state index contributed by atoms with van der Waals surface area (Å²) >= 11 is 11.7. The molecule has 2 atom stereocenters. The number of benzene rings is 2. The Labute approximate surface area is 324 Å². The van der Waals surface area contributed by atoms with Gasteiger partial charge in [0.25, 0.3) is 0 Å². The summed E-state index contributed by atoms with van der Waals surface area (Å²) in [4.78, 5) is 61.6. The van der Waals surface area contributed by atoms with E-state index in [1.165, 1.54) is 18.2 Å². The zero-order chi connectivity index (χ0) is 39.2. The molecular weight excluding hydrogens is 737 g/mol. The highest BCUT2D eigenvalue weighted by molar-refractivity contribution is 6.31. The number of carbonyl (C=O) groups excluding carboxylic acids is 4. The number of ketones is 1. The highest BCUT2D eigenvalue weighted by Crippen LogP contribution is 2.27. The largest absolute Gasteiger partial charge is 0.365 e. The predicted octanol–water partition coefficient (Wildman–Crippen LogP) is 7.17. The minimum Gasteiger partial charge on any atom is -0.365 e. The Morgan fingerprint density at radius 3 is 1.67 bits per heavy atom. The molecule has 2 fully saturated rings. The van der Waals surface area contributed by atoms with Crippen molar-refractivity contribution in [3.63, 3.8) is 0 Å². The third kappa shape index (κ3) is 11.6. The average Bonchev–Trinajstić information content (AvgIpc) is 3.19. The zero-order valence-corrected chi connectivity index (χ0v) is 31.6. The lowest BCUT2D eigenvalue weighted by Crippen LogP contribution is -2.53. The standard InChI is InChI=1S/C20H21ClFN3O2.C14H16ClFN2O.C6H5NO/c1-14-13-24(10-11-25(14)16-2-3-18(22)17(21)12-16)20(27)5-4-19(26)15-6-8-23-9-7-15;1-3-14(19)17-6-7-18(10(2)9-17)11-4-5-13(16)12(15)8-11;8-5-6-1-3-7-4-2-6/h2-3,6-9,12,14H,4-5,10-11,13H2,1H3;3-5,8,10H,1,6-7,9H2,2H3;1-5H/t14-;10-;/m00./s1. The first kappa shape index (κ1) is 41.6. The fourth-order valence-corrected chi connectivity index (χ4v) is 6.42. The third-order valence-electron chi connectivity index (χ3n) is 8.97. The van der Waals surface area contributed by atoms with E-state index < -0.39 is 11.6 Å². The predicted molar refractivity (Wildman–Crippen MR) is 207 cm³/mol. The number of anilines is 2. The van der Waals surface area contributed by atoms with Crippen LogP contribution in [0.4, 0.5) is 20.2 Å². The lowest BCUT2D eigenvalue weighted by molar-refractivity contribution is -0.132. The molecule has 0 unspecified atom stereocenters. The molecule has 4 heterocycles. The van der Waals surface area contributed by atoms with Crippen molar-refractivity contribution >= 4 is 58.5 Å². The van der Waals surface area contributed by atoms with E-state index in [0.29, 0.717) is 50.4 Å². The summed E-state index contributed by atoms with van der Waals surface area (Å²) in [7, 11) is 0. The number of hydrogen-bond donors (Lipinski definition) is 0. The maximum atomic E-state index is 13.4. The number of rotatable bonds is 8. The summed E-state index contributed by atoms with van der Waals surface area (Å²) in [6, 6.07) is 16.2. The Hall–Kier alpha value is -5.20. The van der Waals surface area contributed by atoms with Gasteiger partial charge in [0.1, 0.15) is 17.9 Å². The van der Waals surface area contributed by atoms with Crippen molar-refractivity contribution in [1.82, 2.24) is 19.8 Å². The molecule has 4 aromatic rings. The average molecular weight is 780 g/mol. The van der Waals surface area contributed by atoms with Crippen LogP contribution in [0, 0.1) is 11.6 Å². The number of aldehydes is 1. The van der Waals surface area contributed by atoms with Crippen LogP contribution in [0.25, 0.3) is 0 Å². The van der Waals surface area contributed by atoms with Gasteiger partial charge in [-0.05, 0) is 80.6 Å². The van der Waals surface area contributed by atoms with Crippen LogP contribution in [0.15, 0.2) is 98.1 Å². The van der Waals surface area contributed by atoms with E-state index in [-0.39, 0.29) is 52.6 Å². The van der Waals surface area contributed by atoms with Crippen molar-refractivity contribution < 1.29 is 28.0 Å². The molecule has 2 aliphatic heterocycles. The Kier molecular flexibility index (Phi) is 15.6. The lowest BCUT2D eigenvalue weighted by Gasteiger charge is -2.41. The first-order valence-electron chi connectivity index (χ1n) is 17.3. The maximum Gasteiger partial charge on any atom is 0.246 e. The summed E-state index contributed by atoms with van der Waals surface area (Å²) in [6.45, 7) is 11.2. The Balaban J connectivity index is 0.000000207. The number of carbonyl (C=O) groups is 4. The van der Waals surface area contributed by atoms with Crippen molar-refractivity contribution in [2.75, 3.05) is 49.1 Å². The molecule has 2 aliphatic rings. The van der Waals surface area contributed by atoms with Gasteiger partial charge in [0.05, 0.1) is 10.0 Å². The molecule has 54 heavy (non-hydrogen) atoms. The molecule has 0 radical (unpaired) electrons. The molecule has 284 valence electrons. The van der Waals surface area contributed by atoms with Crippen LogP contribution >= 0.6 is 23.2 Å². The molecule has 2 saturated heterocycles. The summed E-state index contributed by atoms with van der Waals surface area (Å²) < 4.78 is 26.5. The quantitative estimate of drug-likeness (QED) is 0.105. The van der Waals surface area contributed by atoms with Gasteiger partial charge in [-0.25, -0.2) is 8.78 Å². The number of hydrogen-bond acceptors (Lipinski definition) is 8.